The average molecular weight is 213 g/mol. The summed E-state index contributed by atoms with van der Waals surface area (Å²) in [5.41, 5.74) is 0.551. The van der Waals surface area contributed by atoms with E-state index in [1.807, 2.05) is 0 Å². The molecule has 4 heteroatoms. The molecule has 1 atom stereocenters. The summed E-state index contributed by atoms with van der Waals surface area (Å²) in [6.07, 6.45) is 1.66. The molecule has 3 nitrogen and oxygen atoms in total. The molecule has 1 unspecified atom stereocenters. The normalized spacial score (nSPS) is 9.27. The Labute approximate surface area is 73.3 Å². The summed E-state index contributed by atoms with van der Waals surface area (Å²) in [7, 11) is 1.36. The minimum absolute atomic E-state index is 0.322. The number of methoxy groups -OCH3 is 1. The third-order valence-electron chi connectivity index (χ3n) is 1.24. The van der Waals surface area contributed by atoms with Crippen molar-refractivity contribution < 1.29 is 9.53 Å². The first-order valence-electron chi connectivity index (χ1n) is 3.04. The SMILES string of the molecule is COC(=O)c1cccnc1[AsH2]. The van der Waals surface area contributed by atoms with Crippen molar-refractivity contribution in [3.05, 3.63) is 23.9 Å². The molecule has 1 heterocycles. The Morgan fingerprint density at radius 2 is 2.45 bits per heavy atom. The zero-order valence-corrected chi connectivity index (χ0v) is 8.50. The van der Waals surface area contributed by atoms with E-state index in [2.05, 4.69) is 9.72 Å². The predicted octanol–water partition coefficient (Wildman–Crippen LogP) is -0.873. The monoisotopic (exact) mass is 213 g/mol. The Bertz CT molecular complexity index is 275. The predicted molar refractivity (Wildman–Crippen MR) is 43.8 cm³/mol. The number of pyridine rings is 1. The molecule has 0 N–H and O–H groups in total. The van der Waals surface area contributed by atoms with Crippen LogP contribution in [0.2, 0.25) is 0 Å². The van der Waals surface area contributed by atoms with E-state index < -0.39 is 0 Å². The Morgan fingerprint density at radius 3 is 3.00 bits per heavy atom. The van der Waals surface area contributed by atoms with Gasteiger partial charge in [-0.2, -0.15) is 0 Å². The van der Waals surface area contributed by atoms with Crippen LogP contribution in [0.25, 0.3) is 0 Å². The molecule has 0 aliphatic rings. The van der Waals surface area contributed by atoms with Crippen molar-refractivity contribution in [2.24, 2.45) is 0 Å². The number of ether oxygens (including phenoxy) is 1. The molecule has 11 heavy (non-hydrogen) atoms. The van der Waals surface area contributed by atoms with E-state index >= 15 is 0 Å². The summed E-state index contributed by atoms with van der Waals surface area (Å²) >= 11 is 1.32. The van der Waals surface area contributed by atoms with Gasteiger partial charge >= 0.3 is 72.8 Å². The van der Waals surface area contributed by atoms with E-state index in [-0.39, 0.29) is 5.97 Å². The van der Waals surface area contributed by atoms with Gasteiger partial charge in [0.1, 0.15) is 0 Å². The van der Waals surface area contributed by atoms with Gasteiger partial charge < -0.3 is 0 Å². The molecule has 1 aromatic heterocycles. The van der Waals surface area contributed by atoms with Gasteiger partial charge in [0.05, 0.1) is 0 Å². The number of hydrogen-bond donors (Lipinski definition) is 0. The van der Waals surface area contributed by atoms with Gasteiger partial charge in [-0.25, -0.2) is 0 Å². The molecule has 0 aliphatic carbocycles. The quantitative estimate of drug-likeness (QED) is 0.449. The maximum absolute atomic E-state index is 11.0. The van der Waals surface area contributed by atoms with Gasteiger partial charge in [0.2, 0.25) is 0 Å². The van der Waals surface area contributed by atoms with Crippen LogP contribution in [0.3, 0.4) is 0 Å². The molecule has 0 bridgehead atoms. The van der Waals surface area contributed by atoms with Crippen LogP contribution in [0.1, 0.15) is 10.4 Å². The van der Waals surface area contributed by atoms with Crippen molar-refractivity contribution >= 4 is 27.3 Å². The fourth-order valence-electron chi connectivity index (χ4n) is 0.700. The Hall–Kier alpha value is -0.822. The standard InChI is InChI=1S/C7H8AsNO2/c1-11-7(10)5-3-2-4-9-6(5)8/h2-4H,8H2,1H3. The second-order valence-electron chi connectivity index (χ2n) is 1.93. The number of carbonyl (C=O) groups excluding carboxylic acids is 1. The van der Waals surface area contributed by atoms with E-state index in [0.717, 1.165) is 4.48 Å². The van der Waals surface area contributed by atoms with Gasteiger partial charge in [-0.1, -0.05) is 0 Å². The van der Waals surface area contributed by atoms with E-state index in [4.69, 9.17) is 0 Å². The van der Waals surface area contributed by atoms with Gasteiger partial charge in [-0.3, -0.25) is 0 Å². The molecule has 1 rings (SSSR count). The van der Waals surface area contributed by atoms with Crippen molar-refractivity contribution in [1.82, 2.24) is 4.98 Å². The number of esters is 1. The van der Waals surface area contributed by atoms with Crippen LogP contribution in [-0.2, 0) is 4.74 Å². The van der Waals surface area contributed by atoms with Crippen molar-refractivity contribution in [3.63, 3.8) is 0 Å². The molecule has 1 aromatic rings. The minimum atomic E-state index is -0.322. The van der Waals surface area contributed by atoms with Crippen LogP contribution in [0.15, 0.2) is 18.3 Å². The fraction of sp³-hybridized carbons (Fsp3) is 0.143. The topological polar surface area (TPSA) is 39.2 Å². The van der Waals surface area contributed by atoms with Gasteiger partial charge in [-0.05, 0) is 0 Å². The molecule has 0 saturated carbocycles. The summed E-state index contributed by atoms with van der Waals surface area (Å²) in [6.45, 7) is 0. The summed E-state index contributed by atoms with van der Waals surface area (Å²) < 4.78 is 5.30. The summed E-state index contributed by atoms with van der Waals surface area (Å²) in [5, 5.41) is 0. The van der Waals surface area contributed by atoms with E-state index in [0.29, 0.717) is 5.56 Å². The third-order valence-corrected chi connectivity index (χ3v) is 2.21. The summed E-state index contributed by atoms with van der Waals surface area (Å²) in [4.78, 5) is 15.0. The zero-order chi connectivity index (χ0) is 8.27. The molecule has 0 spiro atoms. The number of aromatic nitrogens is 1. The van der Waals surface area contributed by atoms with Crippen molar-refractivity contribution in [2.45, 2.75) is 0 Å². The van der Waals surface area contributed by atoms with Gasteiger partial charge in [0.25, 0.3) is 0 Å². The Morgan fingerprint density at radius 1 is 1.73 bits per heavy atom. The number of hydrogen-bond acceptors (Lipinski definition) is 3. The third kappa shape index (κ3) is 1.81. The first-order valence-corrected chi connectivity index (χ1v) is 4.25. The first kappa shape index (κ1) is 8.28. The molecule has 0 aliphatic heterocycles. The molecule has 0 aromatic carbocycles. The first-order chi connectivity index (χ1) is 5.25. The average Bonchev–Trinajstić information content (AvgIpc) is 2.04. The molecule has 58 valence electrons. The summed E-state index contributed by atoms with van der Waals surface area (Å²) in [6, 6.07) is 3.42. The van der Waals surface area contributed by atoms with Crippen LogP contribution < -0.4 is 4.48 Å². The van der Waals surface area contributed by atoms with Gasteiger partial charge in [-0.15, -0.1) is 0 Å². The summed E-state index contributed by atoms with van der Waals surface area (Å²) in [5.74, 6) is -0.322. The Kier molecular flexibility index (Phi) is 2.66. The van der Waals surface area contributed by atoms with Crippen LogP contribution in [0, 0.1) is 0 Å². The van der Waals surface area contributed by atoms with E-state index in [1.54, 1.807) is 18.3 Å². The number of nitrogens with zero attached hydrogens (tertiary/aromatic N) is 1. The van der Waals surface area contributed by atoms with Crippen LogP contribution >= 0.6 is 0 Å². The molecule has 0 fully saturated rings. The van der Waals surface area contributed by atoms with Gasteiger partial charge in [0, 0.05) is 0 Å². The molecule has 0 amide bonds. The van der Waals surface area contributed by atoms with Crippen LogP contribution in [-0.4, -0.2) is 34.9 Å². The van der Waals surface area contributed by atoms with Crippen molar-refractivity contribution in [3.8, 4) is 0 Å². The Balaban J connectivity index is 3.03. The second kappa shape index (κ2) is 3.53. The van der Waals surface area contributed by atoms with Crippen LogP contribution in [0.4, 0.5) is 0 Å². The van der Waals surface area contributed by atoms with E-state index in [9.17, 15) is 4.79 Å². The van der Waals surface area contributed by atoms with E-state index in [1.165, 1.54) is 24.0 Å². The fourth-order valence-corrected chi connectivity index (χ4v) is 1.33. The molecular weight excluding hydrogens is 205 g/mol. The maximum atomic E-state index is 11.0. The molecular formula is C7H8AsNO2. The van der Waals surface area contributed by atoms with Crippen molar-refractivity contribution in [2.75, 3.05) is 7.11 Å². The van der Waals surface area contributed by atoms with Gasteiger partial charge in [0.15, 0.2) is 0 Å². The molecule has 0 saturated heterocycles. The zero-order valence-electron chi connectivity index (χ0n) is 6.07. The number of carbonyl (C=O) groups is 1. The van der Waals surface area contributed by atoms with Crippen LogP contribution in [0.5, 0.6) is 0 Å². The number of rotatable bonds is 1. The van der Waals surface area contributed by atoms with Crippen molar-refractivity contribution in [1.29, 1.82) is 0 Å². The second-order valence-corrected chi connectivity index (χ2v) is 3.08. The molecule has 0 radical (unpaired) electrons.